The van der Waals surface area contributed by atoms with Gasteiger partial charge in [-0.2, -0.15) is 0 Å². The van der Waals surface area contributed by atoms with E-state index in [1.807, 2.05) is 6.08 Å². The fourth-order valence-corrected chi connectivity index (χ4v) is 8.80. The van der Waals surface area contributed by atoms with Crippen LogP contribution >= 0.6 is 0 Å². The maximum absolute atomic E-state index is 12.8. The van der Waals surface area contributed by atoms with Gasteiger partial charge in [0.25, 0.3) is 0 Å². The Labute approximate surface area is 200 Å². The number of ketones is 1. The van der Waals surface area contributed by atoms with Gasteiger partial charge in [0.15, 0.2) is 0 Å². The molecule has 0 heterocycles. The van der Waals surface area contributed by atoms with Crippen LogP contribution in [0.25, 0.3) is 0 Å². The standard InChI is InChI=1S/C30H44O3/c1-18(9-8-10-19(2)27(32)33)21-13-15-30(7)22-11-12-24-28(4,5)25(31)14-16-29(24,6)23(22)17-20(3)26(21)30/h10-11,18,21,23-24,26H,3,8-9,12-17H2,1-2,4-7H3,(H,32,33)/b19-10-/t18-,21-,23+,24+,26-,29-,30+/m1/s1. The molecule has 182 valence electrons. The van der Waals surface area contributed by atoms with E-state index < -0.39 is 5.97 Å². The van der Waals surface area contributed by atoms with Crippen molar-refractivity contribution in [2.24, 2.45) is 45.8 Å². The quantitative estimate of drug-likeness (QED) is 0.349. The Balaban J connectivity index is 1.59. The number of fused-ring (bicyclic) bond motifs is 5. The summed E-state index contributed by atoms with van der Waals surface area (Å²) in [5.74, 6) is 2.28. The molecule has 0 saturated heterocycles. The summed E-state index contributed by atoms with van der Waals surface area (Å²) in [7, 11) is 0. The fourth-order valence-electron chi connectivity index (χ4n) is 8.80. The molecule has 3 heteroatoms. The van der Waals surface area contributed by atoms with Crippen molar-refractivity contribution < 1.29 is 14.7 Å². The lowest BCUT2D eigenvalue weighted by Gasteiger charge is -2.61. The molecular formula is C30H44O3. The van der Waals surface area contributed by atoms with Crippen LogP contribution in [0.3, 0.4) is 0 Å². The summed E-state index contributed by atoms with van der Waals surface area (Å²) < 4.78 is 0. The molecule has 0 radical (unpaired) electrons. The van der Waals surface area contributed by atoms with E-state index in [0.717, 1.165) is 38.5 Å². The van der Waals surface area contributed by atoms with Crippen molar-refractivity contribution in [1.29, 1.82) is 0 Å². The number of carboxylic acid groups (broad SMARTS) is 1. The highest BCUT2D eigenvalue weighted by atomic mass is 16.4. The van der Waals surface area contributed by atoms with Crippen molar-refractivity contribution >= 4 is 11.8 Å². The second-order valence-corrected chi connectivity index (χ2v) is 12.9. The molecule has 0 spiro atoms. The number of rotatable bonds is 5. The molecule has 3 saturated carbocycles. The molecule has 0 amide bonds. The maximum atomic E-state index is 12.8. The van der Waals surface area contributed by atoms with Crippen LogP contribution in [-0.2, 0) is 9.59 Å². The van der Waals surface area contributed by atoms with E-state index in [1.54, 1.807) is 12.5 Å². The summed E-state index contributed by atoms with van der Waals surface area (Å²) in [5.41, 5.74) is 3.70. The van der Waals surface area contributed by atoms with Crippen LogP contribution in [-0.4, -0.2) is 16.9 Å². The van der Waals surface area contributed by atoms with E-state index in [2.05, 4.69) is 40.7 Å². The van der Waals surface area contributed by atoms with Crippen molar-refractivity contribution in [1.82, 2.24) is 0 Å². The summed E-state index contributed by atoms with van der Waals surface area (Å²) in [6.07, 6.45) is 12.6. The highest BCUT2D eigenvalue weighted by Crippen LogP contribution is 2.69. The Morgan fingerprint density at radius 1 is 1.27 bits per heavy atom. The summed E-state index contributed by atoms with van der Waals surface area (Å²) in [4.78, 5) is 23.9. The van der Waals surface area contributed by atoms with Gasteiger partial charge in [0.1, 0.15) is 5.78 Å². The van der Waals surface area contributed by atoms with Crippen molar-refractivity contribution in [3.8, 4) is 0 Å². The predicted octanol–water partition coefficient (Wildman–Crippen LogP) is 7.38. The molecule has 0 unspecified atom stereocenters. The third-order valence-corrected chi connectivity index (χ3v) is 10.8. The van der Waals surface area contributed by atoms with Crippen molar-refractivity contribution in [3.05, 3.63) is 35.5 Å². The van der Waals surface area contributed by atoms with E-state index in [4.69, 9.17) is 11.7 Å². The van der Waals surface area contributed by atoms with Gasteiger partial charge in [0.2, 0.25) is 0 Å². The van der Waals surface area contributed by atoms with Crippen LogP contribution in [0.15, 0.2) is 35.5 Å². The van der Waals surface area contributed by atoms with Crippen molar-refractivity contribution in [2.75, 3.05) is 0 Å². The van der Waals surface area contributed by atoms with Crippen LogP contribution in [0, 0.1) is 45.8 Å². The van der Waals surface area contributed by atoms with Gasteiger partial charge in [-0.05, 0) is 92.3 Å². The minimum atomic E-state index is -0.814. The first kappa shape index (κ1) is 24.5. The van der Waals surface area contributed by atoms with E-state index in [9.17, 15) is 9.59 Å². The van der Waals surface area contributed by atoms with Gasteiger partial charge in [-0.1, -0.05) is 64.5 Å². The Bertz CT molecular complexity index is 921. The molecule has 7 atom stereocenters. The molecule has 4 aliphatic rings. The van der Waals surface area contributed by atoms with Crippen LogP contribution in [0.5, 0.6) is 0 Å². The highest BCUT2D eigenvalue weighted by molar-refractivity contribution is 5.86. The third kappa shape index (κ3) is 3.69. The van der Waals surface area contributed by atoms with Gasteiger partial charge in [-0.25, -0.2) is 4.79 Å². The lowest BCUT2D eigenvalue weighted by Crippen LogP contribution is -2.55. The monoisotopic (exact) mass is 452 g/mol. The van der Waals surface area contributed by atoms with E-state index >= 15 is 0 Å². The minimum Gasteiger partial charge on any atom is -0.478 e. The Morgan fingerprint density at radius 3 is 2.64 bits per heavy atom. The first-order valence-corrected chi connectivity index (χ1v) is 13.2. The topological polar surface area (TPSA) is 54.4 Å². The van der Waals surface area contributed by atoms with Gasteiger partial charge in [-0.3, -0.25) is 4.79 Å². The fraction of sp³-hybridized carbons (Fsp3) is 0.733. The normalized spacial score (nSPS) is 41.0. The van der Waals surface area contributed by atoms with E-state index in [1.165, 1.54) is 18.4 Å². The van der Waals surface area contributed by atoms with Gasteiger partial charge >= 0.3 is 5.97 Å². The van der Waals surface area contributed by atoms with Crippen LogP contribution in [0.2, 0.25) is 0 Å². The van der Waals surface area contributed by atoms with Gasteiger partial charge < -0.3 is 5.11 Å². The van der Waals surface area contributed by atoms with Crippen molar-refractivity contribution in [2.45, 2.75) is 92.9 Å². The zero-order valence-corrected chi connectivity index (χ0v) is 21.7. The average Bonchev–Trinajstić information content (AvgIpc) is 3.11. The van der Waals surface area contributed by atoms with E-state index in [-0.39, 0.29) is 16.2 Å². The lowest BCUT2D eigenvalue weighted by atomic mass is 9.43. The molecule has 0 bridgehead atoms. The number of hydrogen-bond donors (Lipinski definition) is 1. The predicted molar refractivity (Wildman–Crippen MR) is 134 cm³/mol. The first-order chi connectivity index (χ1) is 15.3. The Hall–Kier alpha value is -1.64. The molecule has 4 rings (SSSR count). The number of carbonyl (C=O) groups excluding carboxylic acids is 1. The smallest absolute Gasteiger partial charge is 0.330 e. The molecule has 3 nitrogen and oxygen atoms in total. The molecule has 33 heavy (non-hydrogen) atoms. The summed E-state index contributed by atoms with van der Waals surface area (Å²) in [6, 6.07) is 0. The Morgan fingerprint density at radius 2 is 1.97 bits per heavy atom. The number of allylic oxidation sites excluding steroid dienone is 4. The summed E-state index contributed by atoms with van der Waals surface area (Å²) >= 11 is 0. The average molecular weight is 453 g/mol. The summed E-state index contributed by atoms with van der Waals surface area (Å²) in [6.45, 7) is 18.1. The third-order valence-electron chi connectivity index (χ3n) is 10.8. The SMILES string of the molecule is C=C1C[C@H]2C(=CC[C@H]3C(C)(C)C(=O)CC[C@]23C)[C@]2(C)CC[C@H]([C@H](C)CC/C=C(/C)C(=O)O)[C@@H]12. The van der Waals surface area contributed by atoms with E-state index in [0.29, 0.717) is 40.9 Å². The van der Waals surface area contributed by atoms with Gasteiger partial charge in [0, 0.05) is 17.4 Å². The maximum Gasteiger partial charge on any atom is 0.330 e. The van der Waals surface area contributed by atoms with Gasteiger partial charge in [0.05, 0.1) is 0 Å². The van der Waals surface area contributed by atoms with Crippen molar-refractivity contribution in [3.63, 3.8) is 0 Å². The molecule has 4 aliphatic carbocycles. The zero-order valence-electron chi connectivity index (χ0n) is 21.7. The second kappa shape index (κ2) is 8.24. The largest absolute Gasteiger partial charge is 0.478 e. The van der Waals surface area contributed by atoms with Crippen LogP contribution in [0.4, 0.5) is 0 Å². The zero-order chi connectivity index (χ0) is 24.3. The molecule has 0 aliphatic heterocycles. The number of carboxylic acids is 1. The molecule has 0 aromatic rings. The van der Waals surface area contributed by atoms with Crippen LogP contribution in [0.1, 0.15) is 92.9 Å². The molecule has 0 aromatic heterocycles. The number of Topliss-reactive ketones (excluding diaryl/α,β-unsaturated/α-hetero) is 1. The lowest BCUT2D eigenvalue weighted by molar-refractivity contribution is -0.144. The number of hydrogen-bond acceptors (Lipinski definition) is 2. The van der Waals surface area contributed by atoms with Crippen LogP contribution < -0.4 is 0 Å². The van der Waals surface area contributed by atoms with Gasteiger partial charge in [-0.15, -0.1) is 0 Å². The Kier molecular flexibility index (Phi) is 6.11. The number of aliphatic carboxylic acids is 1. The molecule has 1 N–H and O–H groups in total. The highest BCUT2D eigenvalue weighted by Gasteiger charge is 2.62. The second-order valence-electron chi connectivity index (χ2n) is 12.9. The molecule has 0 aromatic carbocycles. The first-order valence-electron chi connectivity index (χ1n) is 13.2. The molecular weight excluding hydrogens is 408 g/mol. The minimum absolute atomic E-state index is 0.182. The molecule has 3 fully saturated rings. The number of carbonyl (C=O) groups is 2. The summed E-state index contributed by atoms with van der Waals surface area (Å²) in [5, 5.41) is 9.14.